The predicted octanol–water partition coefficient (Wildman–Crippen LogP) is 3.05. The van der Waals surface area contributed by atoms with Gasteiger partial charge in [-0.25, -0.2) is 0 Å². The molecule has 3 heteroatoms. The molecule has 0 saturated heterocycles. The maximum Gasteiger partial charge on any atom is 0.223 e. The van der Waals surface area contributed by atoms with Crippen molar-refractivity contribution in [2.24, 2.45) is 11.8 Å². The molecule has 0 radical (unpaired) electrons. The second-order valence-electron chi connectivity index (χ2n) is 6.23. The van der Waals surface area contributed by atoms with Gasteiger partial charge in [-0.1, -0.05) is 40.5 Å². The largest absolute Gasteiger partial charge is 0.354 e. The lowest BCUT2D eigenvalue weighted by Crippen LogP contribution is -2.45. The summed E-state index contributed by atoms with van der Waals surface area (Å²) >= 11 is 0. The highest BCUT2D eigenvalue weighted by atomic mass is 16.1. The molecule has 1 N–H and O–H groups in total. The number of nitrogens with zero attached hydrogens (tertiary/aromatic N) is 1. The molecule has 0 aliphatic heterocycles. The fourth-order valence-corrected chi connectivity index (χ4v) is 3.20. The van der Waals surface area contributed by atoms with E-state index in [1.807, 2.05) is 0 Å². The summed E-state index contributed by atoms with van der Waals surface area (Å²) in [5.74, 6) is 1.25. The fraction of sp³-hybridized carbons (Fsp3) is 0.938. The highest BCUT2D eigenvalue weighted by Crippen LogP contribution is 2.24. The molecule has 0 aromatic rings. The van der Waals surface area contributed by atoms with E-state index in [1.165, 1.54) is 12.8 Å². The molecular formula is C16H32N2O. The first-order valence-electron chi connectivity index (χ1n) is 8.10. The topological polar surface area (TPSA) is 32.3 Å². The van der Waals surface area contributed by atoms with Crippen LogP contribution in [0.15, 0.2) is 0 Å². The first-order chi connectivity index (χ1) is 9.08. The van der Waals surface area contributed by atoms with E-state index in [-0.39, 0.29) is 5.92 Å². The van der Waals surface area contributed by atoms with Gasteiger partial charge in [-0.3, -0.25) is 9.69 Å². The predicted molar refractivity (Wildman–Crippen MR) is 81.1 cm³/mol. The second kappa shape index (κ2) is 8.57. The summed E-state index contributed by atoms with van der Waals surface area (Å²) in [6, 6.07) is 0.486. The molecule has 1 rings (SSSR count). The van der Waals surface area contributed by atoms with E-state index >= 15 is 0 Å². The number of hydrogen-bond acceptors (Lipinski definition) is 2. The van der Waals surface area contributed by atoms with Crippen LogP contribution in [0.3, 0.4) is 0 Å². The van der Waals surface area contributed by atoms with Crippen molar-refractivity contribution in [2.45, 2.75) is 65.8 Å². The Balaban J connectivity index is 2.44. The number of likely N-dealkylation sites (N-methyl/N-ethyl adjacent to an activating group) is 1. The van der Waals surface area contributed by atoms with Crippen LogP contribution >= 0.6 is 0 Å². The zero-order valence-electron chi connectivity index (χ0n) is 13.2. The first-order valence-corrected chi connectivity index (χ1v) is 8.10. The molecule has 0 spiro atoms. The van der Waals surface area contributed by atoms with E-state index in [9.17, 15) is 4.79 Å². The van der Waals surface area contributed by atoms with Crippen LogP contribution in [0, 0.1) is 11.8 Å². The Morgan fingerprint density at radius 2 is 1.79 bits per heavy atom. The summed E-state index contributed by atoms with van der Waals surface area (Å²) in [6.45, 7) is 11.9. The van der Waals surface area contributed by atoms with Gasteiger partial charge in [0, 0.05) is 18.5 Å². The summed E-state index contributed by atoms with van der Waals surface area (Å²) in [6.07, 6.45) is 5.79. The van der Waals surface area contributed by atoms with Gasteiger partial charge in [0.2, 0.25) is 5.91 Å². The highest BCUT2D eigenvalue weighted by molar-refractivity contribution is 5.78. The van der Waals surface area contributed by atoms with Crippen molar-refractivity contribution in [3.05, 3.63) is 0 Å². The van der Waals surface area contributed by atoms with Gasteiger partial charge in [0.1, 0.15) is 0 Å². The molecule has 1 aliphatic carbocycles. The number of amides is 1. The third-order valence-corrected chi connectivity index (χ3v) is 4.31. The summed E-state index contributed by atoms with van der Waals surface area (Å²) in [4.78, 5) is 14.6. The number of carbonyl (C=O) groups is 1. The van der Waals surface area contributed by atoms with Gasteiger partial charge in [0.25, 0.3) is 0 Å². The SMILES string of the molecule is CCN(CC)C(CNC(=O)C1CCCC1)CC(C)C. The van der Waals surface area contributed by atoms with Crippen molar-refractivity contribution >= 4 is 5.91 Å². The smallest absolute Gasteiger partial charge is 0.223 e. The maximum absolute atomic E-state index is 12.1. The Hall–Kier alpha value is -0.570. The van der Waals surface area contributed by atoms with Crippen molar-refractivity contribution < 1.29 is 4.79 Å². The van der Waals surface area contributed by atoms with Gasteiger partial charge in [-0.15, -0.1) is 0 Å². The van der Waals surface area contributed by atoms with Crippen molar-refractivity contribution in [2.75, 3.05) is 19.6 Å². The van der Waals surface area contributed by atoms with Crippen molar-refractivity contribution in [1.29, 1.82) is 0 Å². The zero-order chi connectivity index (χ0) is 14.3. The normalized spacial score (nSPS) is 18.2. The van der Waals surface area contributed by atoms with Gasteiger partial charge in [-0.05, 0) is 38.3 Å². The van der Waals surface area contributed by atoms with E-state index in [4.69, 9.17) is 0 Å². The molecule has 19 heavy (non-hydrogen) atoms. The lowest BCUT2D eigenvalue weighted by molar-refractivity contribution is -0.125. The van der Waals surface area contributed by atoms with Gasteiger partial charge >= 0.3 is 0 Å². The fourth-order valence-electron chi connectivity index (χ4n) is 3.20. The Bertz CT molecular complexity index is 255. The van der Waals surface area contributed by atoms with Crippen LogP contribution in [-0.2, 0) is 4.79 Å². The Kier molecular flexibility index (Phi) is 7.44. The van der Waals surface area contributed by atoms with Crippen molar-refractivity contribution in [1.82, 2.24) is 10.2 Å². The van der Waals surface area contributed by atoms with Crippen LogP contribution in [0.25, 0.3) is 0 Å². The average molecular weight is 268 g/mol. The first kappa shape index (κ1) is 16.5. The van der Waals surface area contributed by atoms with Crippen LogP contribution in [-0.4, -0.2) is 36.5 Å². The average Bonchev–Trinajstić information content (AvgIpc) is 2.90. The van der Waals surface area contributed by atoms with E-state index in [2.05, 4.69) is 37.9 Å². The Morgan fingerprint density at radius 1 is 1.21 bits per heavy atom. The molecular weight excluding hydrogens is 236 g/mol. The van der Waals surface area contributed by atoms with Crippen molar-refractivity contribution in [3.63, 3.8) is 0 Å². The molecule has 1 atom stereocenters. The third kappa shape index (κ3) is 5.52. The highest BCUT2D eigenvalue weighted by Gasteiger charge is 2.24. The number of rotatable bonds is 8. The molecule has 1 saturated carbocycles. The van der Waals surface area contributed by atoms with Crippen LogP contribution in [0.1, 0.15) is 59.8 Å². The molecule has 112 valence electrons. The molecule has 1 unspecified atom stereocenters. The van der Waals surface area contributed by atoms with Crippen LogP contribution in [0.2, 0.25) is 0 Å². The van der Waals surface area contributed by atoms with Crippen LogP contribution in [0.4, 0.5) is 0 Å². The molecule has 0 bridgehead atoms. The minimum Gasteiger partial charge on any atom is -0.354 e. The van der Waals surface area contributed by atoms with Gasteiger partial charge in [0.05, 0.1) is 0 Å². The Morgan fingerprint density at radius 3 is 2.26 bits per heavy atom. The third-order valence-electron chi connectivity index (χ3n) is 4.31. The molecule has 0 aromatic heterocycles. The molecule has 1 aliphatic rings. The van der Waals surface area contributed by atoms with E-state index in [0.29, 0.717) is 17.9 Å². The summed E-state index contributed by atoms with van der Waals surface area (Å²) < 4.78 is 0. The maximum atomic E-state index is 12.1. The van der Waals surface area contributed by atoms with E-state index in [0.717, 1.165) is 38.9 Å². The summed E-state index contributed by atoms with van der Waals surface area (Å²) in [5, 5.41) is 3.20. The molecule has 1 amide bonds. The standard InChI is InChI=1S/C16H32N2O/c1-5-18(6-2)15(11-13(3)4)12-17-16(19)14-9-7-8-10-14/h13-15H,5-12H2,1-4H3,(H,17,19). The minimum absolute atomic E-state index is 0.288. The van der Waals surface area contributed by atoms with E-state index < -0.39 is 0 Å². The second-order valence-corrected chi connectivity index (χ2v) is 6.23. The number of hydrogen-bond donors (Lipinski definition) is 1. The van der Waals surface area contributed by atoms with Crippen LogP contribution in [0.5, 0.6) is 0 Å². The van der Waals surface area contributed by atoms with E-state index in [1.54, 1.807) is 0 Å². The summed E-state index contributed by atoms with van der Waals surface area (Å²) in [7, 11) is 0. The monoisotopic (exact) mass is 268 g/mol. The zero-order valence-corrected chi connectivity index (χ0v) is 13.2. The molecule has 0 heterocycles. The lowest BCUT2D eigenvalue weighted by Gasteiger charge is -2.31. The number of nitrogens with one attached hydrogen (secondary N) is 1. The lowest BCUT2D eigenvalue weighted by atomic mass is 10.0. The van der Waals surface area contributed by atoms with Gasteiger partial charge < -0.3 is 5.32 Å². The molecule has 0 aromatic carbocycles. The Labute approximate surface area is 119 Å². The quantitative estimate of drug-likeness (QED) is 0.734. The number of carbonyl (C=O) groups excluding carboxylic acids is 1. The van der Waals surface area contributed by atoms with Gasteiger partial charge in [0.15, 0.2) is 0 Å². The van der Waals surface area contributed by atoms with Gasteiger partial charge in [-0.2, -0.15) is 0 Å². The molecule has 3 nitrogen and oxygen atoms in total. The molecule has 1 fully saturated rings. The minimum atomic E-state index is 0.288. The summed E-state index contributed by atoms with van der Waals surface area (Å²) in [5.41, 5.74) is 0. The van der Waals surface area contributed by atoms with Crippen LogP contribution < -0.4 is 5.32 Å². The van der Waals surface area contributed by atoms with Crippen molar-refractivity contribution in [3.8, 4) is 0 Å².